The molecule has 9 heteroatoms. The first-order chi connectivity index (χ1) is 11.9. The Morgan fingerprint density at radius 2 is 1.96 bits per heavy atom. The molecule has 1 heterocycles. The van der Waals surface area contributed by atoms with Crippen LogP contribution in [0.1, 0.15) is 36.0 Å². The molecular weight excluding hydrogens is 325 g/mol. The summed E-state index contributed by atoms with van der Waals surface area (Å²) in [5, 5.41) is 21.5. The molecule has 2 atom stereocenters. The zero-order valence-corrected chi connectivity index (χ0v) is 14.0. The van der Waals surface area contributed by atoms with Gasteiger partial charge in [0.05, 0.1) is 24.9 Å². The summed E-state index contributed by atoms with van der Waals surface area (Å²) >= 11 is 0. The first kappa shape index (κ1) is 19.4. The van der Waals surface area contributed by atoms with Gasteiger partial charge in [-0.25, -0.2) is 0 Å². The molecule has 1 fully saturated rings. The fourth-order valence-corrected chi connectivity index (χ4v) is 2.98. The van der Waals surface area contributed by atoms with E-state index < -0.39 is 25.1 Å². The minimum Gasteiger partial charge on any atom is -0.481 e. The van der Waals surface area contributed by atoms with Gasteiger partial charge in [0.15, 0.2) is 0 Å². The molecule has 8 nitrogen and oxygen atoms in total. The summed E-state index contributed by atoms with van der Waals surface area (Å²) in [6.45, 7) is 0.740. The lowest BCUT2D eigenvalue weighted by Crippen LogP contribution is -2.53. The summed E-state index contributed by atoms with van der Waals surface area (Å²) in [6.07, 6.45) is 0.394. The third-order valence-electron chi connectivity index (χ3n) is 4.30. The van der Waals surface area contributed by atoms with Crippen molar-refractivity contribution in [3.63, 3.8) is 0 Å². The highest BCUT2D eigenvalue weighted by atomic mass is 16.5. The van der Waals surface area contributed by atoms with Crippen molar-refractivity contribution in [3.8, 4) is 0 Å². The molecule has 1 aliphatic heterocycles. The number of carbonyl (C=O) groups is 2. The zero-order valence-electron chi connectivity index (χ0n) is 14.0. The Kier molecular flexibility index (Phi) is 6.95. The molecule has 1 aliphatic rings. The van der Waals surface area contributed by atoms with Crippen molar-refractivity contribution in [1.82, 2.24) is 5.32 Å². The molecule has 1 amide bonds. The van der Waals surface area contributed by atoms with Crippen LogP contribution in [0, 0.1) is 0 Å². The summed E-state index contributed by atoms with van der Waals surface area (Å²) in [7, 11) is -1.21. The Balaban J connectivity index is 1.89. The molecule has 25 heavy (non-hydrogen) atoms. The van der Waals surface area contributed by atoms with E-state index in [0.717, 1.165) is 16.7 Å². The Labute approximate surface area is 146 Å². The smallest absolute Gasteiger partial charge is 0.478 e. The number of benzene rings is 1. The van der Waals surface area contributed by atoms with Crippen LogP contribution in [-0.4, -0.2) is 41.2 Å². The summed E-state index contributed by atoms with van der Waals surface area (Å²) < 4.78 is 5.26. The van der Waals surface area contributed by atoms with Crippen molar-refractivity contribution in [1.29, 1.82) is 0 Å². The van der Waals surface area contributed by atoms with Crippen molar-refractivity contribution < 1.29 is 24.4 Å². The van der Waals surface area contributed by atoms with E-state index in [4.69, 9.17) is 21.2 Å². The van der Waals surface area contributed by atoms with Gasteiger partial charge in [-0.15, -0.1) is 0 Å². The summed E-state index contributed by atoms with van der Waals surface area (Å²) in [5.74, 6) is -1.76. The van der Waals surface area contributed by atoms with Crippen LogP contribution in [0.25, 0.3) is 0 Å². The van der Waals surface area contributed by atoms with E-state index in [9.17, 15) is 14.6 Å². The topological polar surface area (TPSA) is 148 Å². The van der Waals surface area contributed by atoms with Crippen LogP contribution in [0.4, 0.5) is 0 Å². The van der Waals surface area contributed by atoms with Gasteiger partial charge < -0.3 is 31.6 Å². The van der Waals surface area contributed by atoms with E-state index in [1.54, 1.807) is 0 Å². The molecule has 1 aromatic rings. The maximum absolute atomic E-state index is 12.2. The lowest BCUT2D eigenvalue weighted by atomic mass is 9.72. The second-order valence-electron chi connectivity index (χ2n) is 6.19. The van der Waals surface area contributed by atoms with Gasteiger partial charge in [0.2, 0.25) is 5.91 Å². The van der Waals surface area contributed by atoms with Crippen LogP contribution in [0.2, 0.25) is 0 Å². The van der Waals surface area contributed by atoms with Crippen LogP contribution in [0.5, 0.6) is 0 Å². The molecular formula is C16H24BN3O5. The van der Waals surface area contributed by atoms with E-state index in [2.05, 4.69) is 5.32 Å². The van der Waals surface area contributed by atoms with Gasteiger partial charge in [-0.3, -0.25) is 9.59 Å². The molecule has 0 saturated carbocycles. The van der Waals surface area contributed by atoms with Crippen LogP contribution in [0.15, 0.2) is 18.2 Å². The molecule has 0 unspecified atom stereocenters. The quantitative estimate of drug-likeness (QED) is 0.409. The molecule has 0 bridgehead atoms. The molecule has 1 aromatic carbocycles. The minimum atomic E-state index is -1.21. The van der Waals surface area contributed by atoms with E-state index in [1.807, 2.05) is 18.2 Å². The van der Waals surface area contributed by atoms with Crippen LogP contribution < -0.4 is 16.8 Å². The molecule has 136 valence electrons. The molecule has 7 N–H and O–H groups in total. The second-order valence-corrected chi connectivity index (χ2v) is 6.19. The standard InChI is InChI=1S/C16H24BN3O5/c18-8-11-2-1-10(5-12(11)9-19)6-15(21)20-14-4-3-13(7-16(22)23)25-17(14)24/h1-2,5,13-14,24H,3-4,6-9,18-19H2,(H,20,21)(H,22,23)/t13-,14-/m0/s1. The second kappa shape index (κ2) is 8.96. The predicted octanol–water partition coefficient (Wildman–Crippen LogP) is -0.695. The van der Waals surface area contributed by atoms with Crippen molar-refractivity contribution in [3.05, 3.63) is 34.9 Å². The molecule has 0 aromatic heterocycles. The highest BCUT2D eigenvalue weighted by Crippen LogP contribution is 2.19. The fraction of sp³-hybridized carbons (Fsp3) is 0.500. The number of aliphatic carboxylic acids is 1. The lowest BCUT2D eigenvalue weighted by Gasteiger charge is -2.30. The Hall–Kier alpha value is -1.94. The predicted molar refractivity (Wildman–Crippen MR) is 92.2 cm³/mol. The Morgan fingerprint density at radius 3 is 2.56 bits per heavy atom. The fourth-order valence-electron chi connectivity index (χ4n) is 2.98. The maximum Gasteiger partial charge on any atom is 0.478 e. The number of carbonyl (C=O) groups excluding carboxylic acids is 1. The molecule has 0 radical (unpaired) electrons. The molecule has 1 saturated heterocycles. The number of rotatable bonds is 7. The lowest BCUT2D eigenvalue weighted by molar-refractivity contribution is -0.139. The van der Waals surface area contributed by atoms with Crippen LogP contribution in [-0.2, 0) is 33.8 Å². The largest absolute Gasteiger partial charge is 0.481 e. The SMILES string of the molecule is NCc1ccc(CC(=O)N[C@H]2CC[C@@H](CC(=O)O)OB2O)cc1CN. The summed E-state index contributed by atoms with van der Waals surface area (Å²) in [5.41, 5.74) is 14.0. The van der Waals surface area contributed by atoms with Gasteiger partial charge in [-0.05, 0) is 29.5 Å². The van der Waals surface area contributed by atoms with E-state index in [-0.39, 0.29) is 18.7 Å². The first-order valence-corrected chi connectivity index (χ1v) is 8.28. The Morgan fingerprint density at radius 1 is 1.24 bits per heavy atom. The van der Waals surface area contributed by atoms with Crippen LogP contribution >= 0.6 is 0 Å². The van der Waals surface area contributed by atoms with Gasteiger partial charge in [-0.1, -0.05) is 18.2 Å². The monoisotopic (exact) mass is 349 g/mol. The van der Waals surface area contributed by atoms with Gasteiger partial charge in [0, 0.05) is 13.1 Å². The third-order valence-corrected chi connectivity index (χ3v) is 4.30. The maximum atomic E-state index is 12.2. The number of hydrogen-bond donors (Lipinski definition) is 5. The van der Waals surface area contributed by atoms with E-state index >= 15 is 0 Å². The number of hydrogen-bond acceptors (Lipinski definition) is 6. The zero-order chi connectivity index (χ0) is 18.4. The minimum absolute atomic E-state index is 0.152. The highest BCUT2D eigenvalue weighted by Gasteiger charge is 2.36. The highest BCUT2D eigenvalue weighted by molar-refractivity contribution is 6.45. The number of nitrogens with one attached hydrogen (secondary N) is 1. The first-order valence-electron chi connectivity index (χ1n) is 8.28. The van der Waals surface area contributed by atoms with Crippen LogP contribution in [0.3, 0.4) is 0 Å². The van der Waals surface area contributed by atoms with Gasteiger partial charge >= 0.3 is 13.1 Å². The number of amides is 1. The van der Waals surface area contributed by atoms with Crippen molar-refractivity contribution in [2.24, 2.45) is 11.5 Å². The van der Waals surface area contributed by atoms with Crippen molar-refractivity contribution >= 4 is 19.0 Å². The number of carboxylic acid groups (broad SMARTS) is 1. The van der Waals surface area contributed by atoms with Crippen molar-refractivity contribution in [2.45, 2.75) is 50.8 Å². The molecule has 2 rings (SSSR count). The van der Waals surface area contributed by atoms with E-state index in [1.165, 1.54) is 0 Å². The van der Waals surface area contributed by atoms with Gasteiger partial charge in [0.25, 0.3) is 0 Å². The Bertz CT molecular complexity index is 628. The number of carboxylic acids is 1. The molecule has 0 spiro atoms. The van der Waals surface area contributed by atoms with Gasteiger partial charge in [0.1, 0.15) is 0 Å². The third kappa shape index (κ3) is 5.53. The number of nitrogens with two attached hydrogens (primary N) is 2. The summed E-state index contributed by atoms with van der Waals surface area (Å²) in [4.78, 5) is 22.9. The molecule has 0 aliphatic carbocycles. The van der Waals surface area contributed by atoms with Gasteiger partial charge in [-0.2, -0.15) is 0 Å². The average Bonchev–Trinajstić information content (AvgIpc) is 2.56. The average molecular weight is 349 g/mol. The van der Waals surface area contributed by atoms with Crippen molar-refractivity contribution in [2.75, 3.05) is 0 Å². The normalized spacial score (nSPS) is 20.4. The van der Waals surface area contributed by atoms with E-state index in [0.29, 0.717) is 25.9 Å². The summed E-state index contributed by atoms with van der Waals surface area (Å²) in [6, 6.07) is 5.55.